The third-order valence-corrected chi connectivity index (χ3v) is 0. The zero-order valence-electron chi connectivity index (χ0n) is 4.06. The monoisotopic (exact) mass is 312 g/mol. The molecule has 0 fully saturated rings. The van der Waals surface area contributed by atoms with Crippen molar-refractivity contribution in [2.75, 3.05) is 0 Å². The fourth-order valence-electron chi connectivity index (χ4n) is 0. The molecule has 0 aliphatic rings. The fourth-order valence-corrected chi connectivity index (χ4v) is 0. The van der Waals surface area contributed by atoms with Gasteiger partial charge in [0, 0.05) is 0 Å². The predicted molar refractivity (Wildman–Crippen MR) is 0 cm³/mol. The molecule has 2 radical (unpaired) electrons. The maximum atomic E-state index is 0. The van der Waals surface area contributed by atoms with Crippen LogP contribution in [0.1, 0.15) is 0 Å². The molecule has 0 aliphatic carbocycles. The third kappa shape index (κ3) is 438. The summed E-state index contributed by atoms with van der Waals surface area (Å²) in [6.45, 7) is 0. The van der Waals surface area contributed by atoms with Crippen molar-refractivity contribution in [1.82, 2.24) is 0 Å². The maximum Gasteiger partial charge on any atom is 3.00 e. The van der Waals surface area contributed by atoms with Crippen molar-refractivity contribution in [3.63, 3.8) is 0 Å². The minimum absolute atomic E-state index is 0. The number of hydrogen-bond acceptors (Lipinski definition) is 0. The van der Waals surface area contributed by atoms with E-state index in [1.807, 2.05) is 0 Å². The van der Waals surface area contributed by atoms with Gasteiger partial charge in [0.05, 0.1) is 0 Å². The van der Waals surface area contributed by atoms with Gasteiger partial charge in [-0.05, 0) is 0 Å². The minimum atomic E-state index is 0. The Morgan fingerprint density at radius 3 is 0.400 bits per heavy atom. The molecule has 0 atom stereocenters. The summed E-state index contributed by atoms with van der Waals surface area (Å²) in [4.78, 5) is 0. The van der Waals surface area contributed by atoms with Gasteiger partial charge >= 0.3 is 53.9 Å². The topological polar surface area (TPSA) is 0 Å². The molecule has 0 bridgehead atoms. The summed E-state index contributed by atoms with van der Waals surface area (Å²) in [5.74, 6) is 0. The van der Waals surface area contributed by atoms with Gasteiger partial charge in [0.1, 0.15) is 0 Å². The van der Waals surface area contributed by atoms with E-state index in [4.69, 9.17) is 0 Å². The average molecular weight is 314 g/mol. The normalized spacial score (nSPS) is 0. The first-order chi connectivity index (χ1) is 0. The molecule has 0 saturated carbocycles. The van der Waals surface area contributed by atoms with Gasteiger partial charge in [-0.3, -0.25) is 0 Å². The molecule has 0 amide bonds. The van der Waals surface area contributed by atoms with E-state index in [9.17, 15) is 0 Å². The molecule has 0 spiro atoms. The van der Waals surface area contributed by atoms with Gasteiger partial charge < -0.3 is 32.9 Å². The van der Waals surface area contributed by atoms with Crippen LogP contribution < -0.4 is 32.9 Å². The number of rotatable bonds is 0. The Morgan fingerprint density at radius 1 is 0.400 bits per heavy atom. The predicted octanol–water partition coefficient (Wildman–Crippen LogP) is -21.0. The summed E-state index contributed by atoms with van der Waals surface area (Å²) in [7, 11) is 0. The van der Waals surface area contributed by atoms with E-state index in [-0.39, 0.29) is 86.8 Å². The van der Waals surface area contributed by atoms with Crippen molar-refractivity contribution < 1.29 is 86.8 Å². The van der Waals surface area contributed by atoms with Crippen molar-refractivity contribution in [1.29, 1.82) is 0 Å². The zero-order chi connectivity index (χ0) is 0. The van der Waals surface area contributed by atoms with Crippen LogP contribution in [-0.4, -0.2) is 0 Å². The van der Waals surface area contributed by atoms with Crippen molar-refractivity contribution in [3.8, 4) is 0 Å². The van der Waals surface area contributed by atoms with E-state index >= 15 is 0 Å². The molecule has 10 heavy (non-hydrogen) atoms. The van der Waals surface area contributed by atoms with Crippen molar-refractivity contribution in [3.05, 3.63) is 0 Å². The molecule has 0 aliphatic heterocycles. The summed E-state index contributed by atoms with van der Waals surface area (Å²) >= 11 is 0. The van der Waals surface area contributed by atoms with Crippen molar-refractivity contribution >= 4 is 0 Å². The second-order valence-corrected chi connectivity index (χ2v) is 0. The third-order valence-electron chi connectivity index (χ3n) is 0. The molecule has 0 aromatic carbocycles. The van der Waals surface area contributed by atoms with E-state index in [0.717, 1.165) is 0 Å². The van der Waals surface area contributed by atoms with Crippen molar-refractivity contribution in [2.24, 2.45) is 0 Å². The Bertz CT molecular complexity index is 13.6. The Morgan fingerprint density at radius 2 is 0.400 bits per heavy atom. The first-order valence-corrected chi connectivity index (χ1v) is 0. The molecule has 0 unspecified atom stereocenters. The molecule has 0 N–H and O–H groups in total. The van der Waals surface area contributed by atoms with Crippen molar-refractivity contribution in [2.45, 2.75) is 0 Å². The van der Waals surface area contributed by atoms with Crippen LogP contribution in [0.25, 0.3) is 0 Å². The van der Waals surface area contributed by atoms with Crippen LogP contribution >= 0.6 is 0 Å². The van der Waals surface area contributed by atoms with E-state index in [2.05, 4.69) is 0 Å². The second kappa shape index (κ2) is 612. The Labute approximate surface area is 86.8 Å². The second-order valence-electron chi connectivity index (χ2n) is 0. The average Bonchev–Trinajstić information content (AvgIpc) is 0. The van der Waals surface area contributed by atoms with Crippen LogP contribution in [0, 0.1) is 0 Å². The van der Waals surface area contributed by atoms with Gasteiger partial charge in [0.25, 0.3) is 0 Å². The number of halogens is 7. The van der Waals surface area contributed by atoms with E-state index in [0.29, 0.717) is 0 Å². The summed E-state index contributed by atoms with van der Waals surface area (Å²) in [5, 5.41) is 0. The van der Waals surface area contributed by atoms with Crippen LogP contribution in [0.3, 0.4) is 0 Å². The maximum absolute atomic E-state index is 0. The van der Waals surface area contributed by atoms with Crippen LogP contribution in [-0.2, 0) is 53.9 Å². The van der Waals surface area contributed by atoms with Gasteiger partial charge in [-0.25, -0.2) is 0 Å². The number of hydrogen-bond donors (Lipinski definition) is 0. The fraction of sp³-hybridized carbons (Fsp3) is 0. The van der Waals surface area contributed by atoms with Gasteiger partial charge in [-0.2, -0.15) is 0 Å². The summed E-state index contributed by atoms with van der Waals surface area (Å²) in [6.07, 6.45) is 0. The summed E-state index contributed by atoms with van der Waals surface area (Å²) in [5.41, 5.74) is 0. The molecule has 0 heterocycles. The minimum Gasteiger partial charge on any atom is -1.00 e. The first kappa shape index (κ1) is 826. The Balaban J connectivity index is 0. The Hall–Kier alpha value is 1.19. The molecular formula is CrCuF7Zn. The molecule has 0 rings (SSSR count). The summed E-state index contributed by atoms with van der Waals surface area (Å²) in [6, 6.07) is 0. The van der Waals surface area contributed by atoms with Gasteiger partial charge in [0.2, 0.25) is 0 Å². The van der Waals surface area contributed by atoms with Gasteiger partial charge in [0.15, 0.2) is 0 Å². The first-order valence-electron chi connectivity index (χ1n) is 0. The van der Waals surface area contributed by atoms with E-state index in [1.165, 1.54) is 0 Å². The molecule has 68 valence electrons. The molecule has 0 aromatic heterocycles. The molecule has 0 nitrogen and oxygen atoms in total. The quantitative estimate of drug-likeness (QED) is 0.308. The smallest absolute Gasteiger partial charge is 1.00 e. The van der Waals surface area contributed by atoms with Crippen LogP contribution in [0.15, 0.2) is 0 Å². The van der Waals surface area contributed by atoms with E-state index < -0.39 is 0 Å². The Kier molecular flexibility index (Phi) is 50500. The standard InChI is InChI=1S/Cr.Cu.7FH.Zn/h;;7*1H;/q+3;+2;;;;;;;;+2/p-7. The molecule has 10 heteroatoms. The van der Waals surface area contributed by atoms with Crippen LogP contribution in [0.4, 0.5) is 0 Å². The van der Waals surface area contributed by atoms with Crippen LogP contribution in [0.5, 0.6) is 0 Å². The van der Waals surface area contributed by atoms with Gasteiger partial charge in [-0.15, -0.1) is 0 Å². The molecule has 0 saturated heterocycles. The molecular weight excluding hydrogens is 314 g/mol. The molecule has 0 aromatic rings. The SMILES string of the molecule is [Cr+3].[Cu+2].[F-].[F-].[F-].[F-].[F-].[F-].[F-].[Zn+2]. The largest absolute Gasteiger partial charge is 3.00 e. The zero-order valence-corrected chi connectivity index (χ0v) is 9.25. The summed E-state index contributed by atoms with van der Waals surface area (Å²) < 4.78 is 0. The van der Waals surface area contributed by atoms with Crippen LogP contribution in [0.2, 0.25) is 0 Å². The van der Waals surface area contributed by atoms with E-state index in [1.54, 1.807) is 0 Å². The van der Waals surface area contributed by atoms with Gasteiger partial charge in [-0.1, -0.05) is 0 Å².